The molecule has 1 aromatic heterocycles. The Morgan fingerprint density at radius 2 is 2.33 bits per heavy atom. The van der Waals surface area contributed by atoms with Crippen LogP contribution in [0, 0.1) is 0 Å². The molecule has 18 heavy (non-hydrogen) atoms. The fraction of sp³-hybridized carbons (Fsp3) is 0.385. The molecule has 0 aliphatic carbocycles. The van der Waals surface area contributed by atoms with E-state index in [4.69, 9.17) is 0 Å². The Hall–Kier alpha value is -1.20. The monoisotopic (exact) mass is 307 g/mol. The van der Waals surface area contributed by atoms with Crippen LogP contribution in [-0.4, -0.2) is 22.6 Å². The first kappa shape index (κ1) is 11.9. The van der Waals surface area contributed by atoms with E-state index in [0.717, 1.165) is 35.9 Å². The van der Waals surface area contributed by atoms with Crippen LogP contribution in [0.25, 0.3) is 10.9 Å². The van der Waals surface area contributed by atoms with Gasteiger partial charge in [-0.15, -0.1) is 0 Å². The highest BCUT2D eigenvalue weighted by Gasteiger charge is 2.17. The Bertz CT molecular complexity index is 632. The number of rotatable bonds is 1. The normalized spacial score (nSPS) is 20.2. The lowest BCUT2D eigenvalue weighted by atomic mass is 10.1. The van der Waals surface area contributed by atoms with Crippen molar-refractivity contribution in [1.29, 1.82) is 0 Å². The van der Waals surface area contributed by atoms with E-state index in [2.05, 4.69) is 26.2 Å². The second-order valence-corrected chi connectivity index (χ2v) is 5.45. The summed E-state index contributed by atoms with van der Waals surface area (Å²) in [6.07, 6.45) is 3.81. The van der Waals surface area contributed by atoms with Gasteiger partial charge in [-0.2, -0.15) is 0 Å². The van der Waals surface area contributed by atoms with Crippen LogP contribution in [-0.2, 0) is 0 Å². The number of nitrogens with zero attached hydrogens (tertiary/aromatic N) is 2. The van der Waals surface area contributed by atoms with E-state index in [1.54, 1.807) is 10.9 Å². The third-order valence-electron chi connectivity index (χ3n) is 3.43. The SMILES string of the molecule is O=c1c2c(Br)cccc2ncn1C1CCCNC1. The van der Waals surface area contributed by atoms with Gasteiger partial charge in [0.1, 0.15) is 0 Å². The van der Waals surface area contributed by atoms with E-state index in [0.29, 0.717) is 5.39 Å². The van der Waals surface area contributed by atoms with Crippen LogP contribution in [0.4, 0.5) is 0 Å². The van der Waals surface area contributed by atoms with Gasteiger partial charge in [0.2, 0.25) is 0 Å². The van der Waals surface area contributed by atoms with Gasteiger partial charge < -0.3 is 5.32 Å². The van der Waals surface area contributed by atoms with Gasteiger partial charge in [-0.3, -0.25) is 9.36 Å². The second-order valence-electron chi connectivity index (χ2n) is 4.59. The van der Waals surface area contributed by atoms with Crippen molar-refractivity contribution in [3.05, 3.63) is 39.4 Å². The molecule has 1 atom stereocenters. The Kier molecular flexibility index (Phi) is 3.18. The van der Waals surface area contributed by atoms with Gasteiger partial charge in [0, 0.05) is 11.0 Å². The first-order valence-corrected chi connectivity index (χ1v) is 6.93. The van der Waals surface area contributed by atoms with E-state index in [9.17, 15) is 4.79 Å². The minimum Gasteiger partial charge on any atom is -0.315 e. The minimum atomic E-state index is 0.0428. The number of aromatic nitrogens is 2. The van der Waals surface area contributed by atoms with E-state index in [1.807, 2.05) is 18.2 Å². The minimum absolute atomic E-state index is 0.0428. The summed E-state index contributed by atoms with van der Waals surface area (Å²) in [5.41, 5.74) is 0.788. The summed E-state index contributed by atoms with van der Waals surface area (Å²) in [5.74, 6) is 0. The van der Waals surface area contributed by atoms with E-state index < -0.39 is 0 Å². The van der Waals surface area contributed by atoms with E-state index in [1.165, 1.54) is 0 Å². The van der Waals surface area contributed by atoms with Gasteiger partial charge in [0.15, 0.2) is 0 Å². The molecule has 5 heteroatoms. The zero-order valence-corrected chi connectivity index (χ0v) is 11.5. The highest BCUT2D eigenvalue weighted by Crippen LogP contribution is 2.20. The van der Waals surface area contributed by atoms with Crippen LogP contribution in [0.2, 0.25) is 0 Å². The molecule has 94 valence electrons. The maximum absolute atomic E-state index is 12.5. The summed E-state index contributed by atoms with van der Waals surface area (Å²) < 4.78 is 2.58. The summed E-state index contributed by atoms with van der Waals surface area (Å²) in [4.78, 5) is 16.9. The molecule has 1 N–H and O–H groups in total. The third kappa shape index (κ3) is 1.97. The molecule has 0 bridgehead atoms. The van der Waals surface area contributed by atoms with Gasteiger partial charge in [0.25, 0.3) is 5.56 Å². The lowest BCUT2D eigenvalue weighted by Crippen LogP contribution is -2.36. The molecule has 0 spiro atoms. The van der Waals surface area contributed by atoms with E-state index in [-0.39, 0.29) is 11.6 Å². The fourth-order valence-corrected chi connectivity index (χ4v) is 2.99. The Balaban J connectivity index is 2.16. The summed E-state index contributed by atoms with van der Waals surface area (Å²) in [7, 11) is 0. The molecule has 4 nitrogen and oxygen atoms in total. The van der Waals surface area contributed by atoms with Gasteiger partial charge in [-0.1, -0.05) is 6.07 Å². The maximum atomic E-state index is 12.5. The summed E-state index contributed by atoms with van der Waals surface area (Å²) >= 11 is 3.44. The van der Waals surface area contributed by atoms with Crippen molar-refractivity contribution >= 4 is 26.8 Å². The molecule has 1 aromatic carbocycles. The van der Waals surface area contributed by atoms with Crippen molar-refractivity contribution in [3.63, 3.8) is 0 Å². The van der Waals surface area contributed by atoms with Crippen LogP contribution in [0.3, 0.4) is 0 Å². The molecular weight excluding hydrogens is 294 g/mol. The Morgan fingerprint density at radius 1 is 1.44 bits per heavy atom. The lowest BCUT2D eigenvalue weighted by Gasteiger charge is -2.24. The quantitative estimate of drug-likeness (QED) is 0.877. The molecule has 1 unspecified atom stereocenters. The largest absolute Gasteiger partial charge is 0.315 e. The summed E-state index contributed by atoms with van der Waals surface area (Å²) in [6, 6.07) is 5.86. The van der Waals surface area contributed by atoms with Crippen molar-refractivity contribution in [3.8, 4) is 0 Å². The zero-order valence-electron chi connectivity index (χ0n) is 9.90. The summed E-state index contributed by atoms with van der Waals surface area (Å²) in [6.45, 7) is 1.88. The second kappa shape index (κ2) is 4.82. The number of hydrogen-bond acceptors (Lipinski definition) is 3. The molecule has 3 rings (SSSR count). The average Bonchev–Trinajstić information content (AvgIpc) is 2.40. The standard InChI is InChI=1S/C13H14BrN3O/c14-10-4-1-5-11-12(10)13(18)17(8-16-11)9-3-2-6-15-7-9/h1,4-5,8-9,15H,2-3,6-7H2. The topological polar surface area (TPSA) is 46.9 Å². The number of halogens is 1. The molecule has 2 aromatic rings. The summed E-state index contributed by atoms with van der Waals surface area (Å²) in [5, 5.41) is 4.00. The molecule has 1 aliphatic rings. The number of nitrogens with one attached hydrogen (secondary N) is 1. The molecule has 1 saturated heterocycles. The van der Waals surface area contributed by atoms with Crippen LogP contribution in [0.15, 0.2) is 33.8 Å². The maximum Gasteiger partial charge on any atom is 0.262 e. The van der Waals surface area contributed by atoms with Crippen LogP contribution >= 0.6 is 15.9 Å². The van der Waals surface area contributed by atoms with Crippen molar-refractivity contribution in [2.75, 3.05) is 13.1 Å². The van der Waals surface area contributed by atoms with Crippen LogP contribution in [0.5, 0.6) is 0 Å². The first-order valence-electron chi connectivity index (χ1n) is 6.13. The lowest BCUT2D eigenvalue weighted by molar-refractivity contribution is 0.363. The molecule has 2 heterocycles. The average molecular weight is 308 g/mol. The highest BCUT2D eigenvalue weighted by molar-refractivity contribution is 9.10. The molecule has 1 fully saturated rings. The first-order chi connectivity index (χ1) is 8.77. The van der Waals surface area contributed by atoms with Crippen molar-refractivity contribution in [2.45, 2.75) is 18.9 Å². The third-order valence-corrected chi connectivity index (χ3v) is 4.09. The number of hydrogen-bond donors (Lipinski definition) is 1. The van der Waals surface area contributed by atoms with Crippen LogP contribution < -0.4 is 10.9 Å². The van der Waals surface area contributed by atoms with E-state index >= 15 is 0 Å². The van der Waals surface area contributed by atoms with Gasteiger partial charge >= 0.3 is 0 Å². The molecule has 0 saturated carbocycles. The van der Waals surface area contributed by atoms with Crippen LogP contribution in [0.1, 0.15) is 18.9 Å². The predicted octanol–water partition coefficient (Wildman–Crippen LogP) is 2.08. The van der Waals surface area contributed by atoms with Gasteiger partial charge in [0.05, 0.1) is 23.3 Å². The van der Waals surface area contributed by atoms with Gasteiger partial charge in [-0.05, 0) is 47.4 Å². The molecule has 0 radical (unpaired) electrons. The number of piperidine rings is 1. The highest BCUT2D eigenvalue weighted by atomic mass is 79.9. The molecular formula is C13H14BrN3O. The Labute approximate surface area is 113 Å². The van der Waals surface area contributed by atoms with Crippen molar-refractivity contribution in [1.82, 2.24) is 14.9 Å². The molecule has 1 aliphatic heterocycles. The smallest absolute Gasteiger partial charge is 0.262 e. The van der Waals surface area contributed by atoms with Crippen molar-refractivity contribution in [2.24, 2.45) is 0 Å². The van der Waals surface area contributed by atoms with Crippen molar-refractivity contribution < 1.29 is 0 Å². The fourth-order valence-electron chi connectivity index (χ4n) is 2.47. The zero-order chi connectivity index (χ0) is 12.5. The number of fused-ring (bicyclic) bond motifs is 1. The number of benzene rings is 1. The predicted molar refractivity (Wildman–Crippen MR) is 74.8 cm³/mol. The van der Waals surface area contributed by atoms with Gasteiger partial charge in [-0.25, -0.2) is 4.98 Å². The molecule has 0 amide bonds. The Morgan fingerprint density at radius 3 is 3.11 bits per heavy atom.